The largest absolute Gasteiger partial charge is 0.456 e. The molecule has 0 amide bonds. The first-order valence-corrected chi connectivity index (χ1v) is 10.2. The minimum absolute atomic E-state index is 0.251. The highest BCUT2D eigenvalue weighted by atomic mass is 16.6. The Labute approximate surface area is 168 Å². The molecular formula is C25H29NO2. The van der Waals surface area contributed by atoms with E-state index < -0.39 is 5.60 Å². The van der Waals surface area contributed by atoms with Crippen LogP contribution in [0.2, 0.25) is 0 Å². The first kappa shape index (κ1) is 18.9. The van der Waals surface area contributed by atoms with Crippen LogP contribution in [0.15, 0.2) is 60.7 Å². The first-order valence-electron chi connectivity index (χ1n) is 10.2. The summed E-state index contributed by atoms with van der Waals surface area (Å²) in [6, 6.07) is 19.7. The van der Waals surface area contributed by atoms with Gasteiger partial charge in [0.2, 0.25) is 0 Å². The molecule has 0 aliphatic carbocycles. The zero-order valence-electron chi connectivity index (χ0n) is 17.0. The summed E-state index contributed by atoms with van der Waals surface area (Å²) >= 11 is 0. The Morgan fingerprint density at radius 1 is 1.07 bits per heavy atom. The summed E-state index contributed by atoms with van der Waals surface area (Å²) in [6.07, 6.45) is 5.91. The van der Waals surface area contributed by atoms with E-state index in [9.17, 15) is 4.79 Å². The van der Waals surface area contributed by atoms with Crippen LogP contribution in [0.3, 0.4) is 0 Å². The van der Waals surface area contributed by atoms with Crippen molar-refractivity contribution < 1.29 is 9.53 Å². The highest BCUT2D eigenvalue weighted by Gasteiger charge is 2.36. The van der Waals surface area contributed by atoms with Crippen LogP contribution < -0.4 is 0 Å². The Bertz CT molecular complexity index is 879. The van der Waals surface area contributed by atoms with E-state index in [1.807, 2.05) is 39.0 Å². The fourth-order valence-corrected chi connectivity index (χ4v) is 4.36. The number of hydrogen-bond acceptors (Lipinski definition) is 3. The number of nitrogens with zero attached hydrogens (tertiary/aromatic N) is 1. The van der Waals surface area contributed by atoms with Crippen LogP contribution in [-0.4, -0.2) is 28.6 Å². The lowest BCUT2D eigenvalue weighted by atomic mass is 9.93. The summed E-state index contributed by atoms with van der Waals surface area (Å²) in [4.78, 5) is 15.1. The quantitative estimate of drug-likeness (QED) is 0.664. The lowest BCUT2D eigenvalue weighted by Gasteiger charge is -2.34. The Hall–Kier alpha value is -2.39. The van der Waals surface area contributed by atoms with Crippen molar-refractivity contribution in [1.29, 1.82) is 0 Å². The van der Waals surface area contributed by atoms with Crippen LogP contribution in [0.4, 0.5) is 0 Å². The molecule has 28 heavy (non-hydrogen) atoms. The van der Waals surface area contributed by atoms with Gasteiger partial charge in [0.25, 0.3) is 0 Å². The molecule has 2 atom stereocenters. The van der Waals surface area contributed by atoms with Gasteiger partial charge in [-0.3, -0.25) is 4.90 Å². The predicted octanol–water partition coefficient (Wildman–Crippen LogP) is 5.46. The minimum atomic E-state index is -0.478. The molecule has 4 rings (SSSR count). The van der Waals surface area contributed by atoms with Gasteiger partial charge in [-0.2, -0.15) is 0 Å². The fourth-order valence-electron chi connectivity index (χ4n) is 4.36. The summed E-state index contributed by atoms with van der Waals surface area (Å²) in [7, 11) is 0. The van der Waals surface area contributed by atoms with E-state index in [4.69, 9.17) is 4.74 Å². The zero-order valence-corrected chi connectivity index (χ0v) is 17.0. The van der Waals surface area contributed by atoms with Gasteiger partial charge in [0.1, 0.15) is 5.60 Å². The first-order chi connectivity index (χ1) is 13.4. The van der Waals surface area contributed by atoms with Crippen molar-refractivity contribution in [2.45, 2.75) is 64.3 Å². The molecule has 2 heterocycles. The molecule has 0 spiro atoms. The van der Waals surface area contributed by atoms with Gasteiger partial charge >= 0.3 is 5.97 Å². The average molecular weight is 376 g/mol. The van der Waals surface area contributed by atoms with E-state index in [-0.39, 0.29) is 5.97 Å². The molecule has 1 saturated heterocycles. The molecule has 2 aliphatic heterocycles. The van der Waals surface area contributed by atoms with Crippen LogP contribution in [0.5, 0.6) is 0 Å². The second-order valence-electron chi connectivity index (χ2n) is 8.94. The third-order valence-corrected chi connectivity index (χ3v) is 5.62. The van der Waals surface area contributed by atoms with Crippen LogP contribution in [0.1, 0.15) is 61.5 Å². The number of hydrogen-bond donors (Lipinski definition) is 0. The predicted molar refractivity (Wildman–Crippen MR) is 113 cm³/mol. The van der Waals surface area contributed by atoms with E-state index in [1.54, 1.807) is 0 Å². The number of rotatable bonds is 4. The third-order valence-electron chi connectivity index (χ3n) is 5.62. The monoisotopic (exact) mass is 375 g/mol. The van der Waals surface area contributed by atoms with Crippen molar-refractivity contribution in [3.8, 4) is 0 Å². The van der Waals surface area contributed by atoms with E-state index in [1.165, 1.54) is 24.0 Å². The summed E-state index contributed by atoms with van der Waals surface area (Å²) in [6.45, 7) is 6.71. The van der Waals surface area contributed by atoms with Crippen molar-refractivity contribution in [3.63, 3.8) is 0 Å². The van der Waals surface area contributed by atoms with Crippen molar-refractivity contribution in [3.05, 3.63) is 77.4 Å². The maximum absolute atomic E-state index is 12.4. The van der Waals surface area contributed by atoms with Gasteiger partial charge in [-0.15, -0.1) is 0 Å². The van der Waals surface area contributed by atoms with E-state index >= 15 is 0 Å². The standard InChI is InChI=1S/C25H29NO2/c1-25(2,3)28-24(27)20-11-7-10-19(14-20)21-15-22-12-13-23(16-21)26(22)17-18-8-5-4-6-9-18/h4-11,14-15,22-23H,12-13,16-17H2,1-3H3. The molecule has 0 N–H and O–H groups in total. The number of esters is 1. The number of ether oxygens (including phenoxy) is 1. The topological polar surface area (TPSA) is 29.5 Å². The fraction of sp³-hybridized carbons (Fsp3) is 0.400. The maximum Gasteiger partial charge on any atom is 0.338 e. The summed E-state index contributed by atoms with van der Waals surface area (Å²) in [5.41, 5.74) is 4.05. The normalized spacial score (nSPS) is 22.0. The Morgan fingerprint density at radius 2 is 1.86 bits per heavy atom. The second-order valence-corrected chi connectivity index (χ2v) is 8.94. The second kappa shape index (κ2) is 7.56. The van der Waals surface area contributed by atoms with E-state index in [0.717, 1.165) is 18.5 Å². The number of carbonyl (C=O) groups excluding carboxylic acids is 1. The van der Waals surface area contributed by atoms with Gasteiger partial charge in [-0.25, -0.2) is 4.79 Å². The third kappa shape index (κ3) is 4.20. The lowest BCUT2D eigenvalue weighted by Crippen LogP contribution is -2.37. The van der Waals surface area contributed by atoms with Crippen molar-refractivity contribution in [2.75, 3.05) is 0 Å². The number of fused-ring (bicyclic) bond motifs is 2. The number of benzene rings is 2. The molecule has 0 radical (unpaired) electrons. The highest BCUT2D eigenvalue weighted by molar-refractivity contribution is 5.91. The van der Waals surface area contributed by atoms with Gasteiger partial charge < -0.3 is 4.74 Å². The van der Waals surface area contributed by atoms with Crippen LogP contribution in [0.25, 0.3) is 5.57 Å². The highest BCUT2D eigenvalue weighted by Crippen LogP contribution is 2.39. The van der Waals surface area contributed by atoms with Gasteiger partial charge in [-0.05, 0) is 68.9 Å². The molecule has 1 fully saturated rings. The molecule has 0 aromatic heterocycles. The maximum atomic E-state index is 12.4. The molecule has 2 unspecified atom stereocenters. The average Bonchev–Trinajstić information content (AvgIpc) is 2.89. The van der Waals surface area contributed by atoms with Crippen LogP contribution in [0, 0.1) is 0 Å². The zero-order chi connectivity index (χ0) is 19.7. The Kier molecular flexibility index (Phi) is 5.11. The molecule has 2 aromatic carbocycles. The molecule has 2 bridgehead atoms. The van der Waals surface area contributed by atoms with Gasteiger partial charge in [0.15, 0.2) is 0 Å². The smallest absolute Gasteiger partial charge is 0.338 e. The van der Waals surface area contributed by atoms with Crippen molar-refractivity contribution in [2.24, 2.45) is 0 Å². The van der Waals surface area contributed by atoms with Crippen LogP contribution in [-0.2, 0) is 11.3 Å². The summed E-state index contributed by atoms with van der Waals surface area (Å²) in [5, 5.41) is 0. The molecular weight excluding hydrogens is 346 g/mol. The molecule has 2 aliphatic rings. The summed E-state index contributed by atoms with van der Waals surface area (Å²) in [5.74, 6) is -0.251. The lowest BCUT2D eigenvalue weighted by molar-refractivity contribution is 0.00695. The molecule has 3 nitrogen and oxygen atoms in total. The Morgan fingerprint density at radius 3 is 2.57 bits per heavy atom. The van der Waals surface area contributed by atoms with E-state index in [2.05, 4.69) is 47.4 Å². The van der Waals surface area contributed by atoms with Gasteiger partial charge in [-0.1, -0.05) is 48.5 Å². The SMILES string of the molecule is CC(C)(C)OC(=O)c1cccc(C2=CC3CCC(C2)N3Cc2ccccc2)c1. The van der Waals surface area contributed by atoms with E-state index in [0.29, 0.717) is 17.6 Å². The van der Waals surface area contributed by atoms with Crippen molar-refractivity contribution >= 4 is 11.5 Å². The molecule has 146 valence electrons. The van der Waals surface area contributed by atoms with Gasteiger partial charge in [0.05, 0.1) is 5.56 Å². The summed E-state index contributed by atoms with van der Waals surface area (Å²) < 4.78 is 5.54. The minimum Gasteiger partial charge on any atom is -0.456 e. The van der Waals surface area contributed by atoms with Gasteiger partial charge in [0, 0.05) is 18.6 Å². The molecule has 0 saturated carbocycles. The molecule has 2 aromatic rings. The Balaban J connectivity index is 1.53. The molecule has 3 heteroatoms. The van der Waals surface area contributed by atoms with Crippen molar-refractivity contribution in [1.82, 2.24) is 4.90 Å². The number of carbonyl (C=O) groups is 1. The van der Waals surface area contributed by atoms with Crippen LogP contribution >= 0.6 is 0 Å².